The molecule has 1 aromatic carbocycles. The molecule has 0 bridgehead atoms. The fourth-order valence-corrected chi connectivity index (χ4v) is 2.25. The van der Waals surface area contributed by atoms with Crippen molar-refractivity contribution < 1.29 is 4.74 Å². The summed E-state index contributed by atoms with van der Waals surface area (Å²) in [6.07, 6.45) is 4.59. The van der Waals surface area contributed by atoms with Crippen LogP contribution in [0.15, 0.2) is 22.7 Å². The van der Waals surface area contributed by atoms with Crippen LogP contribution in [0.3, 0.4) is 0 Å². The zero-order valence-electron chi connectivity index (χ0n) is 9.64. The molecule has 0 heterocycles. The van der Waals surface area contributed by atoms with Gasteiger partial charge in [0, 0.05) is 5.88 Å². The lowest BCUT2D eigenvalue weighted by molar-refractivity contribution is 0.303. The highest BCUT2D eigenvalue weighted by molar-refractivity contribution is 9.10. The van der Waals surface area contributed by atoms with E-state index in [-0.39, 0.29) is 0 Å². The molecular weight excluding hydrogens is 287 g/mol. The third-order valence-electron chi connectivity index (χ3n) is 2.37. The van der Waals surface area contributed by atoms with Crippen molar-refractivity contribution in [3.8, 4) is 5.75 Å². The van der Waals surface area contributed by atoms with Crippen LogP contribution in [0.1, 0.15) is 31.2 Å². The average molecular weight is 306 g/mol. The van der Waals surface area contributed by atoms with Crippen molar-refractivity contribution in [2.75, 3.05) is 12.5 Å². The van der Waals surface area contributed by atoms with Gasteiger partial charge in [0.25, 0.3) is 0 Å². The van der Waals surface area contributed by atoms with Gasteiger partial charge in [-0.3, -0.25) is 0 Å². The van der Waals surface area contributed by atoms with Gasteiger partial charge in [0.05, 0.1) is 11.1 Å². The summed E-state index contributed by atoms with van der Waals surface area (Å²) in [7, 11) is 0. The molecule has 90 valence electrons. The van der Waals surface area contributed by atoms with Gasteiger partial charge in [0.1, 0.15) is 5.75 Å². The van der Waals surface area contributed by atoms with Crippen LogP contribution in [-0.4, -0.2) is 12.5 Å². The third-order valence-corrected chi connectivity index (χ3v) is 3.26. The molecule has 0 aliphatic carbocycles. The first-order chi connectivity index (χ1) is 7.74. The molecule has 0 amide bonds. The zero-order valence-corrected chi connectivity index (χ0v) is 12.0. The van der Waals surface area contributed by atoms with Crippen LogP contribution >= 0.6 is 27.5 Å². The van der Waals surface area contributed by atoms with E-state index in [9.17, 15) is 0 Å². The second-order valence-corrected chi connectivity index (χ2v) is 5.12. The molecule has 0 fully saturated rings. The maximum absolute atomic E-state index is 5.69. The number of benzene rings is 1. The third kappa shape index (κ3) is 5.22. The lowest BCUT2D eigenvalue weighted by Crippen LogP contribution is -1.98. The smallest absolute Gasteiger partial charge is 0.133 e. The first-order valence-corrected chi connectivity index (χ1v) is 7.01. The molecule has 0 aliphatic heterocycles. The Morgan fingerprint density at radius 1 is 1.19 bits per heavy atom. The molecule has 3 heteroatoms. The Morgan fingerprint density at radius 2 is 1.94 bits per heavy atom. The molecular formula is C13H18BrClO. The number of ether oxygens (including phenoxy) is 1. The minimum atomic E-state index is 0.768. The molecule has 0 saturated heterocycles. The molecule has 0 unspecified atom stereocenters. The van der Waals surface area contributed by atoms with E-state index in [4.69, 9.17) is 16.3 Å². The largest absolute Gasteiger partial charge is 0.492 e. The predicted octanol–water partition coefficient (Wildman–Crippen LogP) is 4.94. The van der Waals surface area contributed by atoms with E-state index in [1.54, 1.807) is 0 Å². The Bertz CT molecular complexity index is 315. The summed E-state index contributed by atoms with van der Waals surface area (Å²) < 4.78 is 6.73. The summed E-state index contributed by atoms with van der Waals surface area (Å²) in [5.41, 5.74) is 1.24. The number of alkyl halides is 1. The highest BCUT2D eigenvalue weighted by atomic mass is 79.9. The number of aryl methyl sites for hydroxylation is 1. The van der Waals surface area contributed by atoms with Crippen LogP contribution in [0.2, 0.25) is 0 Å². The minimum Gasteiger partial charge on any atom is -0.492 e. The van der Waals surface area contributed by atoms with E-state index < -0.39 is 0 Å². The molecule has 1 nitrogen and oxygen atoms in total. The van der Waals surface area contributed by atoms with Crippen LogP contribution in [0.4, 0.5) is 0 Å². The van der Waals surface area contributed by atoms with Crippen molar-refractivity contribution in [3.63, 3.8) is 0 Å². The summed E-state index contributed by atoms with van der Waals surface area (Å²) in [6, 6.07) is 6.15. The second kappa shape index (κ2) is 7.97. The maximum atomic E-state index is 5.69. The number of hydrogen-bond donors (Lipinski definition) is 0. The van der Waals surface area contributed by atoms with E-state index in [2.05, 4.69) is 35.0 Å². The van der Waals surface area contributed by atoms with Crippen LogP contribution in [0.5, 0.6) is 5.75 Å². The Morgan fingerprint density at radius 3 is 2.62 bits per heavy atom. The van der Waals surface area contributed by atoms with Gasteiger partial charge < -0.3 is 4.74 Å². The van der Waals surface area contributed by atoms with Crippen molar-refractivity contribution >= 4 is 27.5 Å². The molecule has 0 spiro atoms. The van der Waals surface area contributed by atoms with Crippen molar-refractivity contribution in [3.05, 3.63) is 28.2 Å². The first-order valence-electron chi connectivity index (χ1n) is 5.69. The standard InChI is InChI=1S/C13H18BrClO/c1-11-6-7-13(12(14)10-11)16-9-5-3-2-4-8-15/h6-7,10H,2-5,8-9H2,1H3. The lowest BCUT2D eigenvalue weighted by atomic mass is 10.2. The summed E-state index contributed by atoms with van der Waals surface area (Å²) in [4.78, 5) is 0. The molecule has 0 aromatic heterocycles. The molecule has 0 saturated carbocycles. The quantitative estimate of drug-likeness (QED) is 0.512. The summed E-state index contributed by atoms with van der Waals surface area (Å²) >= 11 is 9.11. The van der Waals surface area contributed by atoms with Crippen molar-refractivity contribution in [2.24, 2.45) is 0 Å². The Hall–Kier alpha value is -0.210. The SMILES string of the molecule is Cc1ccc(OCCCCCCCl)c(Br)c1. The van der Waals surface area contributed by atoms with Gasteiger partial charge in [-0.1, -0.05) is 18.9 Å². The lowest BCUT2D eigenvalue weighted by Gasteiger charge is -2.08. The van der Waals surface area contributed by atoms with Gasteiger partial charge in [0.15, 0.2) is 0 Å². The van der Waals surface area contributed by atoms with Gasteiger partial charge in [-0.05, 0) is 53.4 Å². The van der Waals surface area contributed by atoms with Crippen LogP contribution in [-0.2, 0) is 0 Å². The first kappa shape index (κ1) is 13.9. The molecule has 1 aromatic rings. The van der Waals surface area contributed by atoms with E-state index in [0.29, 0.717) is 0 Å². The van der Waals surface area contributed by atoms with Crippen LogP contribution < -0.4 is 4.74 Å². The monoisotopic (exact) mass is 304 g/mol. The van der Waals surface area contributed by atoms with Gasteiger partial charge in [-0.15, -0.1) is 11.6 Å². The van der Waals surface area contributed by atoms with Gasteiger partial charge in [-0.2, -0.15) is 0 Å². The van der Waals surface area contributed by atoms with E-state index in [1.165, 1.54) is 18.4 Å². The second-order valence-electron chi connectivity index (χ2n) is 3.89. The fraction of sp³-hybridized carbons (Fsp3) is 0.538. The van der Waals surface area contributed by atoms with E-state index in [0.717, 1.165) is 35.6 Å². The molecule has 0 N–H and O–H groups in total. The fourth-order valence-electron chi connectivity index (χ4n) is 1.46. The Kier molecular flexibility index (Phi) is 6.90. The number of rotatable bonds is 7. The highest BCUT2D eigenvalue weighted by Gasteiger charge is 2.00. The summed E-state index contributed by atoms with van der Waals surface area (Å²) in [5.74, 6) is 1.70. The van der Waals surface area contributed by atoms with Crippen molar-refractivity contribution in [1.82, 2.24) is 0 Å². The number of hydrogen-bond acceptors (Lipinski definition) is 1. The Labute approximate surface area is 111 Å². The summed E-state index contributed by atoms with van der Waals surface area (Å²) in [5, 5.41) is 0. The molecule has 16 heavy (non-hydrogen) atoms. The minimum absolute atomic E-state index is 0.768. The topological polar surface area (TPSA) is 9.23 Å². The molecule has 1 rings (SSSR count). The van der Waals surface area contributed by atoms with Crippen molar-refractivity contribution in [1.29, 1.82) is 0 Å². The number of unbranched alkanes of at least 4 members (excludes halogenated alkanes) is 3. The van der Waals surface area contributed by atoms with Gasteiger partial charge in [0.2, 0.25) is 0 Å². The van der Waals surface area contributed by atoms with Crippen LogP contribution in [0, 0.1) is 6.92 Å². The maximum Gasteiger partial charge on any atom is 0.133 e. The highest BCUT2D eigenvalue weighted by Crippen LogP contribution is 2.25. The summed E-state index contributed by atoms with van der Waals surface area (Å²) in [6.45, 7) is 2.85. The van der Waals surface area contributed by atoms with Crippen molar-refractivity contribution in [2.45, 2.75) is 32.6 Å². The molecule has 0 atom stereocenters. The van der Waals surface area contributed by atoms with Gasteiger partial charge >= 0.3 is 0 Å². The normalized spacial score (nSPS) is 10.4. The number of halogens is 2. The van der Waals surface area contributed by atoms with E-state index in [1.807, 2.05) is 6.07 Å². The molecule has 0 aliphatic rings. The van der Waals surface area contributed by atoms with Crippen LogP contribution in [0.25, 0.3) is 0 Å². The zero-order chi connectivity index (χ0) is 11.8. The average Bonchev–Trinajstić information content (AvgIpc) is 2.26. The van der Waals surface area contributed by atoms with E-state index >= 15 is 0 Å². The van der Waals surface area contributed by atoms with Gasteiger partial charge in [-0.25, -0.2) is 0 Å². The predicted molar refractivity (Wildman–Crippen MR) is 73.6 cm³/mol. The Balaban J connectivity index is 2.21. The molecule has 0 radical (unpaired) electrons.